The number of rotatable bonds is 10. The van der Waals surface area contributed by atoms with E-state index in [1.807, 2.05) is 18.4 Å². The Morgan fingerprint density at radius 2 is 2.03 bits per heavy atom. The zero-order valence-corrected chi connectivity index (χ0v) is 19.1. The summed E-state index contributed by atoms with van der Waals surface area (Å²) in [6.07, 6.45) is 0.555. The fourth-order valence-corrected chi connectivity index (χ4v) is 4.30. The Morgan fingerprint density at radius 1 is 1.25 bits per heavy atom. The summed E-state index contributed by atoms with van der Waals surface area (Å²) < 4.78 is 28.4. The van der Waals surface area contributed by atoms with E-state index in [0.29, 0.717) is 46.3 Å². The average Bonchev–Trinajstić information content (AvgIpc) is 3.33. The molecule has 0 saturated carbocycles. The number of aromatic nitrogens is 4. The van der Waals surface area contributed by atoms with Gasteiger partial charge in [0.25, 0.3) is 0 Å². The van der Waals surface area contributed by atoms with Gasteiger partial charge in [0.1, 0.15) is 5.82 Å². The van der Waals surface area contributed by atoms with E-state index in [-0.39, 0.29) is 18.1 Å². The van der Waals surface area contributed by atoms with Gasteiger partial charge in [0, 0.05) is 30.3 Å². The fraction of sp³-hybridized carbons (Fsp3) is 0.350. The van der Waals surface area contributed by atoms with Crippen LogP contribution in [0.2, 0.25) is 0 Å². The third kappa shape index (κ3) is 6.33. The number of carbonyl (C=O) groups excluding carboxylic acids is 2. The maximum atomic E-state index is 13.4. The van der Waals surface area contributed by atoms with Crippen LogP contribution in [0.4, 0.5) is 13.9 Å². The molecule has 3 aromatic rings. The number of thioether (sulfide) groups is 1. The standard InChI is InChI=1S/C20H22F2N6O2S2/c1-11(2)8-28-17(6-5-16(23)29)26-27-20(28)32-10-18(30)25-19-24-15(9-31-19)12-3-4-13(21)14(22)7-12/h3-4,7,9,11H,5-6,8,10H2,1-2H3,(H2,23,29)(H,24,25,30). The summed E-state index contributed by atoms with van der Waals surface area (Å²) in [6.45, 7) is 4.74. The molecule has 2 aromatic heterocycles. The molecule has 0 fully saturated rings. The molecule has 0 unspecified atom stereocenters. The lowest BCUT2D eigenvalue weighted by Gasteiger charge is -2.12. The third-order valence-corrected chi connectivity index (χ3v) is 5.96. The highest BCUT2D eigenvalue weighted by Crippen LogP contribution is 2.26. The molecule has 32 heavy (non-hydrogen) atoms. The largest absolute Gasteiger partial charge is 0.370 e. The fourth-order valence-electron chi connectivity index (χ4n) is 2.80. The van der Waals surface area contributed by atoms with E-state index in [2.05, 4.69) is 20.5 Å². The topological polar surface area (TPSA) is 116 Å². The number of nitrogens with two attached hydrogens (primary N) is 1. The molecule has 0 radical (unpaired) electrons. The van der Waals surface area contributed by atoms with E-state index in [0.717, 1.165) is 12.1 Å². The first-order chi connectivity index (χ1) is 15.2. The van der Waals surface area contributed by atoms with Crippen LogP contribution in [0.5, 0.6) is 0 Å². The Hall–Kier alpha value is -2.86. The SMILES string of the molecule is CC(C)Cn1c(CCC(N)=O)nnc1SCC(=O)Nc1nc(-c2ccc(F)c(F)c2)cs1. The van der Waals surface area contributed by atoms with Crippen molar-refractivity contribution in [2.24, 2.45) is 11.7 Å². The Bertz CT molecular complexity index is 1120. The van der Waals surface area contributed by atoms with Gasteiger partial charge in [0.05, 0.1) is 11.4 Å². The summed E-state index contributed by atoms with van der Waals surface area (Å²) in [6, 6.07) is 3.51. The summed E-state index contributed by atoms with van der Waals surface area (Å²) >= 11 is 2.41. The zero-order valence-electron chi connectivity index (χ0n) is 17.5. The molecule has 8 nitrogen and oxygen atoms in total. The number of primary amides is 1. The summed E-state index contributed by atoms with van der Waals surface area (Å²) in [7, 11) is 0. The quantitative estimate of drug-likeness (QED) is 0.429. The predicted octanol–water partition coefficient (Wildman–Crippen LogP) is 3.48. The number of nitrogens with one attached hydrogen (secondary N) is 1. The van der Waals surface area contributed by atoms with Crippen LogP contribution in [0.1, 0.15) is 26.1 Å². The van der Waals surface area contributed by atoms with Gasteiger partial charge >= 0.3 is 0 Å². The second kappa shape index (κ2) is 10.6. The Labute approximate surface area is 191 Å². The summed E-state index contributed by atoms with van der Waals surface area (Å²) in [5.41, 5.74) is 6.08. The van der Waals surface area contributed by atoms with E-state index in [1.54, 1.807) is 5.38 Å². The number of nitrogens with zero attached hydrogens (tertiary/aromatic N) is 4. The molecule has 0 aliphatic heterocycles. The van der Waals surface area contributed by atoms with E-state index in [9.17, 15) is 18.4 Å². The first-order valence-electron chi connectivity index (χ1n) is 9.77. The number of anilines is 1. The van der Waals surface area contributed by atoms with Crippen molar-refractivity contribution in [2.45, 2.75) is 38.4 Å². The Balaban J connectivity index is 1.62. The number of thiazole rings is 1. The van der Waals surface area contributed by atoms with E-state index < -0.39 is 17.5 Å². The highest BCUT2D eigenvalue weighted by molar-refractivity contribution is 7.99. The number of benzene rings is 1. The van der Waals surface area contributed by atoms with Crippen molar-refractivity contribution in [1.29, 1.82) is 0 Å². The molecule has 3 N–H and O–H groups in total. The van der Waals surface area contributed by atoms with Crippen LogP contribution in [0, 0.1) is 17.6 Å². The van der Waals surface area contributed by atoms with Crippen molar-refractivity contribution in [1.82, 2.24) is 19.7 Å². The number of carbonyl (C=O) groups is 2. The van der Waals surface area contributed by atoms with Gasteiger partial charge in [-0.05, 0) is 24.1 Å². The summed E-state index contributed by atoms with van der Waals surface area (Å²) in [4.78, 5) is 27.7. The summed E-state index contributed by atoms with van der Waals surface area (Å²) in [5.74, 6) is -1.56. The molecule has 0 bridgehead atoms. The molecule has 0 aliphatic carbocycles. The lowest BCUT2D eigenvalue weighted by molar-refractivity contribution is -0.118. The van der Waals surface area contributed by atoms with E-state index >= 15 is 0 Å². The lowest BCUT2D eigenvalue weighted by atomic mass is 10.2. The number of aryl methyl sites for hydroxylation is 1. The van der Waals surface area contributed by atoms with Crippen LogP contribution in [0.15, 0.2) is 28.7 Å². The lowest BCUT2D eigenvalue weighted by Crippen LogP contribution is -2.16. The smallest absolute Gasteiger partial charge is 0.236 e. The molecule has 0 spiro atoms. The molecule has 3 rings (SSSR count). The van der Waals surface area contributed by atoms with Gasteiger partial charge in [-0.3, -0.25) is 9.59 Å². The van der Waals surface area contributed by atoms with Crippen LogP contribution in [-0.4, -0.2) is 37.3 Å². The highest BCUT2D eigenvalue weighted by atomic mass is 32.2. The minimum absolute atomic E-state index is 0.0755. The first-order valence-corrected chi connectivity index (χ1v) is 11.6. The van der Waals surface area contributed by atoms with Gasteiger partial charge in [-0.25, -0.2) is 13.8 Å². The maximum Gasteiger partial charge on any atom is 0.236 e. The van der Waals surface area contributed by atoms with Crippen molar-refractivity contribution in [3.05, 3.63) is 41.0 Å². The highest BCUT2D eigenvalue weighted by Gasteiger charge is 2.17. The van der Waals surface area contributed by atoms with Crippen molar-refractivity contribution in [3.8, 4) is 11.3 Å². The number of halogens is 2. The maximum absolute atomic E-state index is 13.4. The van der Waals surface area contributed by atoms with E-state index in [4.69, 9.17) is 5.73 Å². The predicted molar refractivity (Wildman–Crippen MR) is 119 cm³/mol. The van der Waals surface area contributed by atoms with Crippen LogP contribution >= 0.6 is 23.1 Å². The number of hydrogen-bond acceptors (Lipinski definition) is 7. The minimum atomic E-state index is -0.960. The molecule has 12 heteroatoms. The van der Waals surface area contributed by atoms with Gasteiger partial charge in [0.15, 0.2) is 21.9 Å². The van der Waals surface area contributed by atoms with Crippen LogP contribution in [-0.2, 0) is 22.6 Å². The van der Waals surface area contributed by atoms with Crippen LogP contribution < -0.4 is 11.1 Å². The van der Waals surface area contributed by atoms with Crippen molar-refractivity contribution in [3.63, 3.8) is 0 Å². The van der Waals surface area contributed by atoms with Crippen LogP contribution in [0.25, 0.3) is 11.3 Å². The van der Waals surface area contributed by atoms with Gasteiger partial charge in [-0.15, -0.1) is 21.5 Å². The molecular formula is C20H22F2N6O2S2. The normalized spacial score (nSPS) is 11.2. The molecule has 2 heterocycles. The summed E-state index contributed by atoms with van der Waals surface area (Å²) in [5, 5.41) is 13.6. The van der Waals surface area contributed by atoms with Crippen LogP contribution in [0.3, 0.4) is 0 Å². The molecule has 0 saturated heterocycles. The average molecular weight is 481 g/mol. The Morgan fingerprint density at radius 3 is 2.72 bits per heavy atom. The van der Waals surface area contributed by atoms with E-state index in [1.165, 1.54) is 29.2 Å². The number of amides is 2. The molecule has 170 valence electrons. The van der Waals surface area contributed by atoms with Crippen molar-refractivity contribution >= 4 is 40.0 Å². The van der Waals surface area contributed by atoms with Gasteiger partial charge in [-0.2, -0.15) is 0 Å². The van der Waals surface area contributed by atoms with Gasteiger partial charge in [-0.1, -0.05) is 25.6 Å². The van der Waals surface area contributed by atoms with Gasteiger partial charge in [0.2, 0.25) is 11.8 Å². The second-order valence-corrected chi connectivity index (χ2v) is 9.17. The molecule has 1 aromatic carbocycles. The zero-order chi connectivity index (χ0) is 23.3. The first kappa shape index (κ1) is 23.8. The minimum Gasteiger partial charge on any atom is -0.370 e. The Kier molecular flexibility index (Phi) is 7.91. The molecule has 2 amide bonds. The molecular weight excluding hydrogens is 458 g/mol. The monoisotopic (exact) mass is 480 g/mol. The molecule has 0 atom stereocenters. The second-order valence-electron chi connectivity index (χ2n) is 7.37. The van der Waals surface area contributed by atoms with Crippen molar-refractivity contribution < 1.29 is 18.4 Å². The number of hydrogen-bond donors (Lipinski definition) is 2. The third-order valence-electron chi connectivity index (χ3n) is 4.23. The van der Waals surface area contributed by atoms with Crippen molar-refractivity contribution in [2.75, 3.05) is 11.1 Å². The van der Waals surface area contributed by atoms with Gasteiger partial charge < -0.3 is 15.6 Å². The molecule has 0 aliphatic rings.